The summed E-state index contributed by atoms with van der Waals surface area (Å²) in [5.74, 6) is 0.922. The third-order valence-corrected chi connectivity index (χ3v) is 7.63. The van der Waals surface area contributed by atoms with Crippen molar-refractivity contribution < 1.29 is 14.3 Å². The third-order valence-electron chi connectivity index (χ3n) is 7.63. The number of ether oxygens (including phenoxy) is 1. The Balaban J connectivity index is 1.50. The molecule has 2 heterocycles. The van der Waals surface area contributed by atoms with Gasteiger partial charge in [-0.3, -0.25) is 14.5 Å². The molecule has 2 saturated carbocycles. The van der Waals surface area contributed by atoms with Crippen LogP contribution in [0.25, 0.3) is 0 Å². The Morgan fingerprint density at radius 1 is 1.00 bits per heavy atom. The van der Waals surface area contributed by atoms with E-state index in [9.17, 15) is 9.59 Å². The molecule has 4 fully saturated rings. The van der Waals surface area contributed by atoms with Gasteiger partial charge in [0.2, 0.25) is 11.8 Å². The molecule has 1 atom stereocenters. The van der Waals surface area contributed by atoms with E-state index in [4.69, 9.17) is 4.74 Å². The zero-order valence-corrected chi connectivity index (χ0v) is 17.6. The van der Waals surface area contributed by atoms with Gasteiger partial charge in [-0.2, -0.15) is 0 Å². The van der Waals surface area contributed by atoms with E-state index in [1.807, 2.05) is 4.90 Å². The fraction of sp³-hybridized carbons (Fsp3) is 0.909. The van der Waals surface area contributed by atoms with Crippen molar-refractivity contribution >= 4 is 11.8 Å². The number of rotatable bonds is 3. The first-order chi connectivity index (χ1) is 13.5. The molecule has 4 aliphatic rings. The van der Waals surface area contributed by atoms with Crippen LogP contribution in [0.3, 0.4) is 0 Å². The Bertz CT molecular complexity index is 574. The second-order valence-corrected chi connectivity index (χ2v) is 9.73. The minimum Gasteiger partial charge on any atom is -0.353 e. The van der Waals surface area contributed by atoms with E-state index in [0.717, 1.165) is 77.3 Å². The van der Waals surface area contributed by atoms with E-state index in [1.165, 1.54) is 0 Å². The molecular weight excluding hydrogens is 354 g/mol. The lowest BCUT2D eigenvalue weighted by molar-refractivity contribution is -0.165. The molecule has 0 aromatic rings. The van der Waals surface area contributed by atoms with E-state index in [1.54, 1.807) is 0 Å². The molecule has 6 heteroatoms. The number of nitrogens with zero attached hydrogens (tertiary/aromatic N) is 2. The summed E-state index contributed by atoms with van der Waals surface area (Å²) < 4.78 is 6.30. The normalized spacial score (nSPS) is 35.6. The van der Waals surface area contributed by atoms with Gasteiger partial charge in [-0.25, -0.2) is 0 Å². The van der Waals surface area contributed by atoms with Crippen molar-refractivity contribution in [3.8, 4) is 0 Å². The summed E-state index contributed by atoms with van der Waals surface area (Å²) >= 11 is 0. The zero-order valence-electron chi connectivity index (χ0n) is 17.6. The molecule has 1 N–H and O–H groups in total. The number of amides is 2. The van der Waals surface area contributed by atoms with E-state index >= 15 is 0 Å². The Labute approximate surface area is 169 Å². The predicted molar refractivity (Wildman–Crippen MR) is 108 cm³/mol. The van der Waals surface area contributed by atoms with Crippen LogP contribution in [-0.4, -0.2) is 66.2 Å². The van der Waals surface area contributed by atoms with Gasteiger partial charge in [0, 0.05) is 12.0 Å². The summed E-state index contributed by atoms with van der Waals surface area (Å²) in [6.07, 6.45) is 10.0. The number of piperidine rings is 1. The van der Waals surface area contributed by atoms with Crippen LogP contribution in [0.15, 0.2) is 0 Å². The van der Waals surface area contributed by atoms with Gasteiger partial charge in [-0.15, -0.1) is 0 Å². The molecule has 158 valence electrons. The van der Waals surface area contributed by atoms with Crippen LogP contribution < -0.4 is 5.32 Å². The van der Waals surface area contributed by atoms with Crippen LogP contribution in [0.2, 0.25) is 0 Å². The van der Waals surface area contributed by atoms with Gasteiger partial charge in [0.15, 0.2) is 0 Å². The lowest BCUT2D eigenvalue weighted by Crippen LogP contribution is -2.59. The van der Waals surface area contributed by atoms with Gasteiger partial charge in [-0.05, 0) is 77.4 Å². The first kappa shape index (κ1) is 20.1. The standard InChI is InChI=1S/C22H37N3O3/c1-16-7-11-22(12-8-16)25(21(27)17-5-3-4-6-17)19(15-28-22)20(26)23-18-9-13-24(2)14-10-18/h16-19H,3-15H2,1-2H3,(H,23,26). The van der Waals surface area contributed by atoms with Crippen LogP contribution in [0, 0.1) is 11.8 Å². The molecule has 0 aromatic heterocycles. The molecule has 0 bridgehead atoms. The maximum absolute atomic E-state index is 13.5. The summed E-state index contributed by atoms with van der Waals surface area (Å²) in [4.78, 5) is 30.9. The van der Waals surface area contributed by atoms with Crippen molar-refractivity contribution in [1.82, 2.24) is 15.1 Å². The van der Waals surface area contributed by atoms with Crippen molar-refractivity contribution in [1.29, 1.82) is 0 Å². The van der Waals surface area contributed by atoms with Gasteiger partial charge in [-0.1, -0.05) is 19.8 Å². The minimum atomic E-state index is -0.541. The Kier molecular flexibility index (Phi) is 5.98. The van der Waals surface area contributed by atoms with Crippen molar-refractivity contribution in [2.45, 2.75) is 88.9 Å². The summed E-state index contributed by atoms with van der Waals surface area (Å²) in [7, 11) is 2.12. The highest BCUT2D eigenvalue weighted by Gasteiger charge is 2.54. The van der Waals surface area contributed by atoms with Crippen LogP contribution in [0.4, 0.5) is 0 Å². The summed E-state index contributed by atoms with van der Waals surface area (Å²) in [5.41, 5.74) is -0.541. The number of hydrogen-bond acceptors (Lipinski definition) is 4. The molecule has 1 unspecified atom stereocenters. The Morgan fingerprint density at radius 2 is 1.64 bits per heavy atom. The molecule has 6 nitrogen and oxygen atoms in total. The predicted octanol–water partition coefficient (Wildman–Crippen LogP) is 2.52. The lowest BCUT2D eigenvalue weighted by atomic mass is 9.83. The van der Waals surface area contributed by atoms with Gasteiger partial charge in [0.1, 0.15) is 11.8 Å². The minimum absolute atomic E-state index is 0.00334. The Hall–Kier alpha value is -1.14. The second kappa shape index (κ2) is 8.31. The zero-order chi connectivity index (χ0) is 19.7. The highest BCUT2D eigenvalue weighted by molar-refractivity contribution is 5.90. The summed E-state index contributed by atoms with van der Waals surface area (Å²) in [6.45, 7) is 4.65. The number of carbonyl (C=O) groups excluding carboxylic acids is 2. The molecule has 0 radical (unpaired) electrons. The molecule has 2 amide bonds. The van der Waals surface area contributed by atoms with Crippen LogP contribution >= 0.6 is 0 Å². The number of likely N-dealkylation sites (tertiary alicyclic amines) is 1. The fourth-order valence-electron chi connectivity index (χ4n) is 5.63. The van der Waals surface area contributed by atoms with Gasteiger partial charge >= 0.3 is 0 Å². The smallest absolute Gasteiger partial charge is 0.245 e. The highest BCUT2D eigenvalue weighted by Crippen LogP contribution is 2.44. The molecule has 2 saturated heterocycles. The fourth-order valence-corrected chi connectivity index (χ4v) is 5.63. The Morgan fingerprint density at radius 3 is 2.29 bits per heavy atom. The number of hydrogen-bond donors (Lipinski definition) is 1. The van der Waals surface area contributed by atoms with Gasteiger partial charge < -0.3 is 15.0 Å². The molecule has 2 aliphatic carbocycles. The van der Waals surface area contributed by atoms with Crippen LogP contribution in [0.1, 0.15) is 71.1 Å². The first-order valence-corrected chi connectivity index (χ1v) is 11.4. The van der Waals surface area contributed by atoms with E-state index < -0.39 is 11.8 Å². The average Bonchev–Trinajstić information content (AvgIpc) is 3.34. The van der Waals surface area contributed by atoms with Crippen molar-refractivity contribution in [2.24, 2.45) is 11.8 Å². The molecule has 2 aliphatic heterocycles. The van der Waals surface area contributed by atoms with Gasteiger partial charge in [0.05, 0.1) is 6.61 Å². The molecule has 0 aromatic carbocycles. The van der Waals surface area contributed by atoms with Crippen LogP contribution in [-0.2, 0) is 14.3 Å². The highest BCUT2D eigenvalue weighted by atomic mass is 16.5. The average molecular weight is 392 g/mol. The summed E-state index contributed by atoms with van der Waals surface area (Å²) in [6, 6.07) is -0.240. The molecule has 28 heavy (non-hydrogen) atoms. The third kappa shape index (κ3) is 3.95. The maximum atomic E-state index is 13.5. The quantitative estimate of drug-likeness (QED) is 0.803. The lowest BCUT2D eigenvalue weighted by Gasteiger charge is -2.44. The number of nitrogens with one attached hydrogen (secondary N) is 1. The number of carbonyl (C=O) groups is 2. The van der Waals surface area contributed by atoms with Crippen LogP contribution in [0.5, 0.6) is 0 Å². The van der Waals surface area contributed by atoms with Crippen molar-refractivity contribution in [3.05, 3.63) is 0 Å². The van der Waals surface area contributed by atoms with Crippen molar-refractivity contribution in [3.63, 3.8) is 0 Å². The monoisotopic (exact) mass is 391 g/mol. The largest absolute Gasteiger partial charge is 0.353 e. The van der Waals surface area contributed by atoms with Crippen molar-refractivity contribution in [2.75, 3.05) is 26.7 Å². The molecular formula is C22H37N3O3. The topological polar surface area (TPSA) is 61.9 Å². The SMILES string of the molecule is CC1CCC2(CC1)OCC(C(=O)NC1CCN(C)CC1)N2C(=O)C1CCCC1. The molecule has 4 rings (SSSR count). The maximum Gasteiger partial charge on any atom is 0.245 e. The van der Waals surface area contributed by atoms with E-state index in [0.29, 0.717) is 12.5 Å². The summed E-state index contributed by atoms with van der Waals surface area (Å²) in [5, 5.41) is 3.25. The first-order valence-electron chi connectivity index (χ1n) is 11.4. The van der Waals surface area contributed by atoms with E-state index in [-0.39, 0.29) is 23.8 Å². The van der Waals surface area contributed by atoms with Gasteiger partial charge in [0.25, 0.3) is 0 Å². The molecule has 1 spiro atoms. The second-order valence-electron chi connectivity index (χ2n) is 9.73. The van der Waals surface area contributed by atoms with E-state index in [2.05, 4.69) is 24.2 Å².